The number of ether oxygens (including phenoxy) is 1. The van der Waals surface area contributed by atoms with Crippen molar-refractivity contribution < 1.29 is 19.4 Å². The zero-order valence-corrected chi connectivity index (χ0v) is 19.5. The molecule has 0 bridgehead atoms. The molecule has 7 heteroatoms. The highest BCUT2D eigenvalue weighted by Crippen LogP contribution is 2.28. The lowest BCUT2D eigenvalue weighted by molar-refractivity contribution is 0.0608. The molecule has 178 valence electrons. The van der Waals surface area contributed by atoms with Crippen LogP contribution in [0.2, 0.25) is 0 Å². The first kappa shape index (κ1) is 22.7. The minimum absolute atomic E-state index is 0.00516. The Bertz CT molecular complexity index is 1380. The van der Waals surface area contributed by atoms with Gasteiger partial charge in [0.2, 0.25) is 0 Å². The summed E-state index contributed by atoms with van der Waals surface area (Å²) in [4.78, 5) is 28.2. The van der Waals surface area contributed by atoms with Crippen molar-refractivity contribution in [3.05, 3.63) is 95.7 Å². The fourth-order valence-corrected chi connectivity index (χ4v) is 4.64. The van der Waals surface area contributed by atoms with E-state index in [0.717, 1.165) is 16.5 Å². The van der Waals surface area contributed by atoms with Gasteiger partial charge in [0.1, 0.15) is 23.7 Å². The van der Waals surface area contributed by atoms with Gasteiger partial charge < -0.3 is 20.1 Å². The maximum absolute atomic E-state index is 13.5. The predicted octanol–water partition coefficient (Wildman–Crippen LogP) is 3.85. The van der Waals surface area contributed by atoms with Crippen LogP contribution in [0.3, 0.4) is 0 Å². The number of rotatable bonds is 8. The molecule has 0 aliphatic carbocycles. The summed E-state index contributed by atoms with van der Waals surface area (Å²) in [6, 6.07) is 24.3. The summed E-state index contributed by atoms with van der Waals surface area (Å²) in [6.45, 7) is 0.809. The molecule has 4 aromatic rings. The van der Waals surface area contributed by atoms with Crippen LogP contribution in [0.15, 0.2) is 78.9 Å². The number of carbonyl (C=O) groups excluding carboxylic acids is 2. The Hall–Kier alpha value is -4.10. The Labute approximate surface area is 203 Å². The SMILES string of the molecule is COc1ccc2c(c1)cc1n2C(=O)CN(C[C@H](Cc2ccccc2)NCc2ccccc2O)C1=O. The Morgan fingerprint density at radius 1 is 1.00 bits per heavy atom. The first-order valence-corrected chi connectivity index (χ1v) is 11.6. The normalized spacial score (nSPS) is 14.3. The number of benzene rings is 3. The molecule has 1 aromatic heterocycles. The van der Waals surface area contributed by atoms with E-state index in [1.54, 1.807) is 36.3 Å². The van der Waals surface area contributed by atoms with E-state index < -0.39 is 0 Å². The number of phenolic OH excluding ortho intramolecular Hbond substituents is 1. The van der Waals surface area contributed by atoms with Crippen LogP contribution in [0.25, 0.3) is 10.9 Å². The number of nitrogens with one attached hydrogen (secondary N) is 1. The zero-order chi connectivity index (χ0) is 24.4. The van der Waals surface area contributed by atoms with E-state index in [0.29, 0.717) is 36.5 Å². The molecule has 2 heterocycles. The van der Waals surface area contributed by atoms with Crippen molar-refractivity contribution in [3.63, 3.8) is 0 Å². The van der Waals surface area contributed by atoms with Crippen molar-refractivity contribution in [2.75, 3.05) is 20.2 Å². The summed E-state index contributed by atoms with van der Waals surface area (Å²) in [7, 11) is 1.59. The van der Waals surface area contributed by atoms with Gasteiger partial charge in [0.25, 0.3) is 11.8 Å². The van der Waals surface area contributed by atoms with E-state index in [4.69, 9.17) is 4.74 Å². The Morgan fingerprint density at radius 2 is 1.77 bits per heavy atom. The van der Waals surface area contributed by atoms with Crippen LogP contribution in [0.4, 0.5) is 0 Å². The largest absolute Gasteiger partial charge is 0.508 e. The van der Waals surface area contributed by atoms with E-state index in [1.165, 1.54) is 4.57 Å². The zero-order valence-electron chi connectivity index (χ0n) is 19.5. The fraction of sp³-hybridized carbons (Fsp3) is 0.214. The van der Waals surface area contributed by atoms with Gasteiger partial charge in [-0.05, 0) is 42.3 Å². The number of carbonyl (C=O) groups is 2. The standard InChI is InChI=1S/C28H27N3O4/c1-35-23-11-12-24-21(14-23)15-25-28(34)30(18-27(33)31(24)25)17-22(13-19-7-3-2-4-8-19)29-16-20-9-5-6-10-26(20)32/h2-12,14-15,22,29,32H,13,16-18H2,1H3/t22-/m0/s1. The number of nitrogens with zero attached hydrogens (tertiary/aromatic N) is 2. The lowest BCUT2D eigenvalue weighted by Crippen LogP contribution is -2.50. The number of methoxy groups -OCH3 is 1. The van der Waals surface area contributed by atoms with Gasteiger partial charge in [0.15, 0.2) is 0 Å². The second-order valence-corrected chi connectivity index (χ2v) is 8.77. The summed E-state index contributed by atoms with van der Waals surface area (Å²) in [5, 5.41) is 14.4. The van der Waals surface area contributed by atoms with Gasteiger partial charge in [-0.1, -0.05) is 48.5 Å². The van der Waals surface area contributed by atoms with E-state index in [-0.39, 0.29) is 30.2 Å². The molecule has 0 spiro atoms. The number of amides is 1. The van der Waals surface area contributed by atoms with Crippen molar-refractivity contribution >= 4 is 22.7 Å². The third kappa shape index (κ3) is 4.63. The third-order valence-corrected chi connectivity index (χ3v) is 6.43. The molecule has 1 atom stereocenters. The first-order valence-electron chi connectivity index (χ1n) is 11.6. The minimum atomic E-state index is -0.179. The van der Waals surface area contributed by atoms with Gasteiger partial charge in [-0.2, -0.15) is 0 Å². The molecular formula is C28H27N3O4. The molecule has 1 amide bonds. The van der Waals surface area contributed by atoms with Crippen LogP contribution in [-0.2, 0) is 13.0 Å². The number of fused-ring (bicyclic) bond motifs is 3. The van der Waals surface area contributed by atoms with Crippen LogP contribution < -0.4 is 10.1 Å². The van der Waals surface area contributed by atoms with Gasteiger partial charge in [0.05, 0.1) is 12.6 Å². The summed E-state index contributed by atoms with van der Waals surface area (Å²) >= 11 is 0. The average Bonchev–Trinajstić information content (AvgIpc) is 3.26. The van der Waals surface area contributed by atoms with Crippen molar-refractivity contribution in [1.82, 2.24) is 14.8 Å². The number of phenols is 1. The Balaban J connectivity index is 1.40. The smallest absolute Gasteiger partial charge is 0.271 e. The van der Waals surface area contributed by atoms with Crippen molar-refractivity contribution in [2.24, 2.45) is 0 Å². The summed E-state index contributed by atoms with van der Waals surface area (Å²) in [6.07, 6.45) is 0.673. The molecule has 1 aliphatic rings. The van der Waals surface area contributed by atoms with E-state index >= 15 is 0 Å². The van der Waals surface area contributed by atoms with E-state index in [9.17, 15) is 14.7 Å². The molecule has 3 aromatic carbocycles. The van der Waals surface area contributed by atoms with Gasteiger partial charge >= 0.3 is 0 Å². The number of hydrogen-bond acceptors (Lipinski definition) is 5. The molecule has 0 unspecified atom stereocenters. The van der Waals surface area contributed by atoms with Gasteiger partial charge in [0, 0.05) is 30.1 Å². The Morgan fingerprint density at radius 3 is 2.54 bits per heavy atom. The van der Waals surface area contributed by atoms with Crippen molar-refractivity contribution in [2.45, 2.75) is 19.0 Å². The molecule has 5 rings (SSSR count). The highest BCUT2D eigenvalue weighted by atomic mass is 16.5. The second-order valence-electron chi connectivity index (χ2n) is 8.77. The number of hydrogen-bond donors (Lipinski definition) is 2. The molecule has 0 saturated heterocycles. The molecular weight excluding hydrogens is 442 g/mol. The molecule has 0 radical (unpaired) electrons. The van der Waals surface area contributed by atoms with Crippen LogP contribution in [0, 0.1) is 0 Å². The molecule has 0 fully saturated rings. The number of para-hydroxylation sites is 1. The van der Waals surface area contributed by atoms with Gasteiger partial charge in [-0.25, -0.2) is 0 Å². The van der Waals surface area contributed by atoms with E-state index in [1.807, 2.05) is 54.6 Å². The molecule has 0 saturated carbocycles. The quantitative estimate of drug-likeness (QED) is 0.410. The third-order valence-electron chi connectivity index (χ3n) is 6.43. The Kier molecular flexibility index (Phi) is 6.25. The minimum Gasteiger partial charge on any atom is -0.508 e. The first-order chi connectivity index (χ1) is 17.0. The van der Waals surface area contributed by atoms with Crippen LogP contribution >= 0.6 is 0 Å². The highest BCUT2D eigenvalue weighted by Gasteiger charge is 2.33. The maximum Gasteiger partial charge on any atom is 0.271 e. The molecule has 35 heavy (non-hydrogen) atoms. The topological polar surface area (TPSA) is 83.8 Å². The average molecular weight is 470 g/mol. The van der Waals surface area contributed by atoms with Crippen molar-refractivity contribution in [3.8, 4) is 11.5 Å². The molecule has 2 N–H and O–H groups in total. The second kappa shape index (κ2) is 9.64. The van der Waals surface area contributed by atoms with Crippen LogP contribution in [0.5, 0.6) is 11.5 Å². The van der Waals surface area contributed by atoms with Crippen LogP contribution in [0.1, 0.15) is 26.4 Å². The highest BCUT2D eigenvalue weighted by molar-refractivity contribution is 6.09. The molecule has 7 nitrogen and oxygen atoms in total. The van der Waals surface area contributed by atoms with E-state index in [2.05, 4.69) is 5.32 Å². The lowest BCUT2D eigenvalue weighted by atomic mass is 10.0. The predicted molar refractivity (Wildman–Crippen MR) is 134 cm³/mol. The summed E-state index contributed by atoms with van der Waals surface area (Å²) < 4.78 is 6.80. The maximum atomic E-state index is 13.5. The number of aromatic hydroxyl groups is 1. The monoisotopic (exact) mass is 469 g/mol. The molecule has 1 aliphatic heterocycles. The van der Waals surface area contributed by atoms with Gasteiger partial charge in [-0.15, -0.1) is 0 Å². The fourth-order valence-electron chi connectivity index (χ4n) is 4.64. The summed E-state index contributed by atoms with van der Waals surface area (Å²) in [5.74, 6) is 0.581. The van der Waals surface area contributed by atoms with Crippen LogP contribution in [-0.4, -0.2) is 52.6 Å². The lowest BCUT2D eigenvalue weighted by Gasteiger charge is -2.31. The van der Waals surface area contributed by atoms with Gasteiger partial charge in [-0.3, -0.25) is 14.2 Å². The van der Waals surface area contributed by atoms with Crippen molar-refractivity contribution in [1.29, 1.82) is 0 Å². The summed E-state index contributed by atoms with van der Waals surface area (Å²) in [5.41, 5.74) is 2.97. The number of aromatic nitrogens is 1.